The molecule has 2 N–H and O–H groups in total. The lowest BCUT2D eigenvalue weighted by atomic mass is 10.2. The molecular weight excluding hydrogens is 308 g/mol. The van der Waals surface area contributed by atoms with Gasteiger partial charge in [-0.3, -0.25) is 0 Å². The minimum Gasteiger partial charge on any atom is -0.495 e. The van der Waals surface area contributed by atoms with Gasteiger partial charge >= 0.3 is 0 Å². The Bertz CT molecular complexity index is 615. The summed E-state index contributed by atoms with van der Waals surface area (Å²) in [5.41, 5.74) is 6.40. The predicted octanol–water partition coefficient (Wildman–Crippen LogP) is 1.67. The van der Waals surface area contributed by atoms with E-state index >= 15 is 0 Å². The molecule has 0 radical (unpaired) electrons. The van der Waals surface area contributed by atoms with Crippen molar-refractivity contribution in [2.75, 3.05) is 26.0 Å². The molecule has 1 fully saturated rings. The van der Waals surface area contributed by atoms with Crippen LogP contribution in [0, 0.1) is 0 Å². The number of thioether (sulfide) groups is 1. The molecule has 0 atom stereocenters. The van der Waals surface area contributed by atoms with Crippen LogP contribution in [0.1, 0.15) is 19.4 Å². The number of ether oxygens (including phenoxy) is 1. The minimum absolute atomic E-state index is 0.0793. The first kappa shape index (κ1) is 16.6. The van der Waals surface area contributed by atoms with E-state index in [1.807, 2.05) is 0 Å². The van der Waals surface area contributed by atoms with Crippen molar-refractivity contribution in [2.45, 2.75) is 30.0 Å². The first-order valence-electron chi connectivity index (χ1n) is 6.81. The SMILES string of the molecule is COc1ccc(CN)cc1S(=O)(=O)N1CCSC(C)(C)C1. The molecule has 118 valence electrons. The Morgan fingerprint density at radius 1 is 1.43 bits per heavy atom. The number of sulfonamides is 1. The smallest absolute Gasteiger partial charge is 0.246 e. The zero-order valence-electron chi connectivity index (χ0n) is 12.6. The van der Waals surface area contributed by atoms with Crippen molar-refractivity contribution >= 4 is 21.8 Å². The molecule has 0 aromatic heterocycles. The van der Waals surface area contributed by atoms with Crippen LogP contribution in [0.5, 0.6) is 5.75 Å². The van der Waals surface area contributed by atoms with E-state index in [0.717, 1.165) is 11.3 Å². The summed E-state index contributed by atoms with van der Waals surface area (Å²) in [5, 5.41) is 0. The van der Waals surface area contributed by atoms with Gasteiger partial charge in [-0.05, 0) is 31.5 Å². The summed E-state index contributed by atoms with van der Waals surface area (Å²) >= 11 is 1.80. The predicted molar refractivity (Wildman–Crippen MR) is 86.2 cm³/mol. The van der Waals surface area contributed by atoms with Gasteiger partial charge in [-0.25, -0.2) is 8.42 Å². The van der Waals surface area contributed by atoms with Gasteiger partial charge in [-0.1, -0.05) is 6.07 Å². The summed E-state index contributed by atoms with van der Waals surface area (Å²) in [4.78, 5) is 0.204. The summed E-state index contributed by atoms with van der Waals surface area (Å²) in [6, 6.07) is 5.07. The molecule has 1 heterocycles. The highest BCUT2D eigenvalue weighted by Crippen LogP contribution is 2.35. The Labute approximate surface area is 130 Å². The van der Waals surface area contributed by atoms with Crippen LogP contribution in [0.3, 0.4) is 0 Å². The second kappa shape index (κ2) is 6.16. The fraction of sp³-hybridized carbons (Fsp3) is 0.571. The Balaban J connectivity index is 2.43. The van der Waals surface area contributed by atoms with Gasteiger partial charge in [0, 0.05) is 30.1 Å². The maximum atomic E-state index is 12.9. The van der Waals surface area contributed by atoms with Gasteiger partial charge in [0.15, 0.2) is 0 Å². The maximum Gasteiger partial charge on any atom is 0.246 e. The van der Waals surface area contributed by atoms with Crippen LogP contribution >= 0.6 is 11.8 Å². The summed E-state index contributed by atoms with van der Waals surface area (Å²) < 4.78 is 32.5. The highest BCUT2D eigenvalue weighted by molar-refractivity contribution is 8.00. The van der Waals surface area contributed by atoms with Crippen LogP contribution in [-0.2, 0) is 16.6 Å². The number of nitrogens with two attached hydrogens (primary N) is 1. The number of hydrogen-bond acceptors (Lipinski definition) is 5. The zero-order valence-corrected chi connectivity index (χ0v) is 14.3. The van der Waals surface area contributed by atoms with Crippen molar-refractivity contribution in [3.8, 4) is 5.75 Å². The number of benzene rings is 1. The third-order valence-corrected chi connectivity index (χ3v) is 6.64. The summed E-state index contributed by atoms with van der Waals surface area (Å²) in [6.07, 6.45) is 0. The van der Waals surface area contributed by atoms with E-state index in [9.17, 15) is 8.42 Å². The number of hydrogen-bond donors (Lipinski definition) is 1. The van der Waals surface area contributed by atoms with Crippen LogP contribution in [0.15, 0.2) is 23.1 Å². The van der Waals surface area contributed by atoms with E-state index in [0.29, 0.717) is 25.4 Å². The van der Waals surface area contributed by atoms with Gasteiger partial charge in [0.1, 0.15) is 10.6 Å². The molecule has 0 spiro atoms. The van der Waals surface area contributed by atoms with Crippen molar-refractivity contribution in [1.82, 2.24) is 4.31 Å². The maximum absolute atomic E-state index is 12.9. The van der Waals surface area contributed by atoms with E-state index < -0.39 is 10.0 Å². The second-order valence-corrected chi connectivity index (χ2v) is 9.34. The molecule has 7 heteroatoms. The van der Waals surface area contributed by atoms with Gasteiger partial charge < -0.3 is 10.5 Å². The van der Waals surface area contributed by atoms with Crippen LogP contribution in [0.2, 0.25) is 0 Å². The molecule has 21 heavy (non-hydrogen) atoms. The highest BCUT2D eigenvalue weighted by Gasteiger charge is 2.36. The first-order chi connectivity index (χ1) is 9.80. The fourth-order valence-corrected chi connectivity index (χ4v) is 5.48. The quantitative estimate of drug-likeness (QED) is 0.909. The van der Waals surface area contributed by atoms with Crippen molar-refractivity contribution in [3.05, 3.63) is 23.8 Å². The molecule has 1 aromatic rings. The number of methoxy groups -OCH3 is 1. The average Bonchev–Trinajstić information content (AvgIpc) is 2.45. The van der Waals surface area contributed by atoms with Crippen molar-refractivity contribution in [2.24, 2.45) is 5.73 Å². The molecule has 0 saturated carbocycles. The summed E-state index contributed by atoms with van der Waals surface area (Å²) in [7, 11) is -2.09. The number of rotatable bonds is 4. The van der Waals surface area contributed by atoms with Crippen LogP contribution in [0.25, 0.3) is 0 Å². The lowest BCUT2D eigenvalue weighted by Gasteiger charge is -2.36. The Morgan fingerprint density at radius 3 is 2.71 bits per heavy atom. The van der Waals surface area contributed by atoms with Gasteiger partial charge in [0.25, 0.3) is 0 Å². The lowest BCUT2D eigenvalue weighted by Crippen LogP contribution is -2.46. The van der Waals surface area contributed by atoms with Crippen molar-refractivity contribution in [3.63, 3.8) is 0 Å². The highest BCUT2D eigenvalue weighted by atomic mass is 32.2. The molecule has 0 amide bonds. The lowest BCUT2D eigenvalue weighted by molar-refractivity contribution is 0.376. The summed E-state index contributed by atoms with van der Waals surface area (Å²) in [5.74, 6) is 1.16. The molecular formula is C14H22N2O3S2. The third kappa shape index (κ3) is 3.53. The van der Waals surface area contributed by atoms with E-state index in [4.69, 9.17) is 10.5 Å². The molecule has 1 aromatic carbocycles. The van der Waals surface area contributed by atoms with E-state index in [1.165, 1.54) is 7.11 Å². The topological polar surface area (TPSA) is 72.6 Å². The van der Waals surface area contributed by atoms with Gasteiger partial charge in [-0.2, -0.15) is 16.1 Å². The average molecular weight is 330 g/mol. The van der Waals surface area contributed by atoms with Gasteiger partial charge in [-0.15, -0.1) is 0 Å². The van der Waals surface area contributed by atoms with Crippen molar-refractivity contribution < 1.29 is 13.2 Å². The van der Waals surface area contributed by atoms with Crippen LogP contribution in [-0.4, -0.2) is 43.4 Å². The van der Waals surface area contributed by atoms with E-state index in [-0.39, 0.29) is 9.64 Å². The van der Waals surface area contributed by atoms with Crippen LogP contribution < -0.4 is 10.5 Å². The molecule has 0 bridgehead atoms. The van der Waals surface area contributed by atoms with E-state index in [2.05, 4.69) is 13.8 Å². The normalized spacial score (nSPS) is 19.4. The molecule has 0 aliphatic carbocycles. The van der Waals surface area contributed by atoms with Gasteiger partial charge in [0.05, 0.1) is 7.11 Å². The van der Waals surface area contributed by atoms with E-state index in [1.54, 1.807) is 34.3 Å². The second-order valence-electron chi connectivity index (χ2n) is 5.64. The van der Waals surface area contributed by atoms with Gasteiger partial charge in [0.2, 0.25) is 10.0 Å². The van der Waals surface area contributed by atoms with Crippen LogP contribution in [0.4, 0.5) is 0 Å². The molecule has 1 aliphatic rings. The summed E-state index contributed by atoms with van der Waals surface area (Å²) in [6.45, 7) is 5.44. The third-order valence-electron chi connectivity index (χ3n) is 3.47. The minimum atomic E-state index is -3.57. The first-order valence-corrected chi connectivity index (χ1v) is 9.24. The number of nitrogens with zero attached hydrogens (tertiary/aromatic N) is 1. The zero-order chi connectivity index (χ0) is 15.7. The standard InChI is InChI=1S/C14H22N2O3S2/c1-14(2)10-16(6-7-20-14)21(17,18)13-8-11(9-15)4-5-12(13)19-3/h4-5,8H,6-7,9-10,15H2,1-3H3. The Morgan fingerprint density at radius 2 is 2.14 bits per heavy atom. The monoisotopic (exact) mass is 330 g/mol. The molecule has 2 rings (SSSR count). The largest absolute Gasteiger partial charge is 0.495 e. The molecule has 1 aliphatic heterocycles. The molecule has 1 saturated heterocycles. The Kier molecular flexibility index (Phi) is 4.87. The fourth-order valence-electron chi connectivity index (χ4n) is 2.37. The molecule has 5 nitrogen and oxygen atoms in total. The van der Waals surface area contributed by atoms with Crippen molar-refractivity contribution in [1.29, 1.82) is 0 Å². The Hall–Kier alpha value is -0.760. The molecule has 0 unspecified atom stereocenters.